The second kappa shape index (κ2) is 5.45. The number of hydrogen-bond donors (Lipinski definition) is 1. The van der Waals surface area contributed by atoms with Gasteiger partial charge in [-0.1, -0.05) is 0 Å². The Bertz CT molecular complexity index is 481. The maximum Gasteiger partial charge on any atom is 0.0770 e. The molecule has 5 nitrogen and oxygen atoms in total. The summed E-state index contributed by atoms with van der Waals surface area (Å²) in [5.74, 6) is 0. The van der Waals surface area contributed by atoms with Crippen LogP contribution in [0.1, 0.15) is 5.56 Å². The first-order valence-electron chi connectivity index (χ1n) is 5.48. The molecule has 2 rings (SSSR count). The van der Waals surface area contributed by atoms with E-state index in [0.29, 0.717) is 6.61 Å². The van der Waals surface area contributed by atoms with Crippen LogP contribution in [-0.2, 0) is 11.3 Å². The third-order valence-electron chi connectivity index (χ3n) is 2.46. The zero-order chi connectivity index (χ0) is 12.1. The van der Waals surface area contributed by atoms with E-state index in [9.17, 15) is 0 Å². The Morgan fingerprint density at radius 3 is 3.06 bits per heavy atom. The van der Waals surface area contributed by atoms with Crippen LogP contribution in [0.25, 0.3) is 0 Å². The second-order valence-electron chi connectivity index (χ2n) is 3.80. The van der Waals surface area contributed by atoms with Crippen molar-refractivity contribution in [1.29, 1.82) is 0 Å². The average molecular weight is 232 g/mol. The van der Waals surface area contributed by atoms with Gasteiger partial charge < -0.3 is 10.1 Å². The van der Waals surface area contributed by atoms with Crippen LogP contribution in [0.2, 0.25) is 0 Å². The molecule has 0 aliphatic rings. The van der Waals surface area contributed by atoms with Crippen molar-refractivity contribution in [2.24, 2.45) is 0 Å². The van der Waals surface area contributed by atoms with Crippen molar-refractivity contribution in [2.75, 3.05) is 19.0 Å². The molecule has 17 heavy (non-hydrogen) atoms. The maximum absolute atomic E-state index is 5.00. The van der Waals surface area contributed by atoms with E-state index in [1.807, 2.05) is 30.1 Å². The van der Waals surface area contributed by atoms with Gasteiger partial charge in [0.25, 0.3) is 0 Å². The Labute approximate surface area is 100 Å². The minimum absolute atomic E-state index is 0.662. The lowest BCUT2D eigenvalue weighted by atomic mass is 10.2. The summed E-state index contributed by atoms with van der Waals surface area (Å²) in [4.78, 5) is 4.05. The van der Waals surface area contributed by atoms with Gasteiger partial charge in [-0.2, -0.15) is 5.10 Å². The minimum Gasteiger partial charge on any atom is -0.383 e. The normalized spacial score (nSPS) is 10.5. The molecule has 0 saturated heterocycles. The smallest absolute Gasteiger partial charge is 0.0770 e. The van der Waals surface area contributed by atoms with Crippen LogP contribution in [-0.4, -0.2) is 28.5 Å². The molecule has 2 aromatic rings. The van der Waals surface area contributed by atoms with Crippen molar-refractivity contribution >= 4 is 11.4 Å². The average Bonchev–Trinajstić information content (AvgIpc) is 2.77. The second-order valence-corrected chi connectivity index (χ2v) is 3.80. The van der Waals surface area contributed by atoms with E-state index in [-0.39, 0.29) is 0 Å². The first kappa shape index (κ1) is 11.6. The van der Waals surface area contributed by atoms with Crippen LogP contribution < -0.4 is 5.32 Å². The fourth-order valence-corrected chi connectivity index (χ4v) is 1.50. The fourth-order valence-electron chi connectivity index (χ4n) is 1.50. The van der Waals surface area contributed by atoms with Crippen LogP contribution >= 0.6 is 0 Å². The van der Waals surface area contributed by atoms with Gasteiger partial charge >= 0.3 is 0 Å². The number of nitrogens with one attached hydrogen (secondary N) is 1. The largest absolute Gasteiger partial charge is 0.383 e. The molecule has 2 aromatic heterocycles. The highest BCUT2D eigenvalue weighted by molar-refractivity contribution is 5.60. The molecule has 0 amide bonds. The zero-order valence-electron chi connectivity index (χ0n) is 10.1. The van der Waals surface area contributed by atoms with Crippen LogP contribution in [0.4, 0.5) is 11.4 Å². The Morgan fingerprint density at radius 2 is 2.29 bits per heavy atom. The number of anilines is 2. The number of aryl methyl sites for hydroxylation is 1. The summed E-state index contributed by atoms with van der Waals surface area (Å²) in [6.07, 6.45) is 7.36. The van der Waals surface area contributed by atoms with E-state index in [4.69, 9.17) is 4.74 Å². The Balaban J connectivity index is 2.04. The quantitative estimate of drug-likeness (QED) is 0.856. The summed E-state index contributed by atoms with van der Waals surface area (Å²) in [7, 11) is 1.68. The Morgan fingerprint density at radius 1 is 1.41 bits per heavy atom. The highest BCUT2D eigenvalue weighted by Crippen LogP contribution is 2.18. The zero-order valence-corrected chi connectivity index (χ0v) is 10.1. The van der Waals surface area contributed by atoms with E-state index in [1.54, 1.807) is 19.5 Å². The number of rotatable bonds is 5. The SMILES string of the molecule is COCCn1cc(Nc2ccncc2C)cn1. The van der Waals surface area contributed by atoms with E-state index in [2.05, 4.69) is 15.4 Å². The van der Waals surface area contributed by atoms with Crippen LogP contribution in [0, 0.1) is 6.92 Å². The van der Waals surface area contributed by atoms with Gasteiger partial charge in [0.15, 0.2) is 0 Å². The molecule has 0 saturated carbocycles. The molecule has 0 aliphatic carbocycles. The van der Waals surface area contributed by atoms with Crippen molar-refractivity contribution in [1.82, 2.24) is 14.8 Å². The lowest BCUT2D eigenvalue weighted by Gasteiger charge is -2.05. The van der Waals surface area contributed by atoms with Crippen LogP contribution in [0.15, 0.2) is 30.9 Å². The summed E-state index contributed by atoms with van der Waals surface area (Å²) in [6.45, 7) is 3.44. The number of methoxy groups -OCH3 is 1. The van der Waals surface area contributed by atoms with Gasteiger partial charge in [-0.05, 0) is 18.6 Å². The highest BCUT2D eigenvalue weighted by atomic mass is 16.5. The van der Waals surface area contributed by atoms with Crippen molar-refractivity contribution in [2.45, 2.75) is 13.5 Å². The summed E-state index contributed by atoms with van der Waals surface area (Å²) in [5.41, 5.74) is 3.12. The van der Waals surface area contributed by atoms with E-state index < -0.39 is 0 Å². The van der Waals surface area contributed by atoms with Crippen LogP contribution in [0.5, 0.6) is 0 Å². The molecule has 0 aromatic carbocycles. The molecule has 0 unspecified atom stereocenters. The van der Waals surface area contributed by atoms with Crippen LogP contribution in [0.3, 0.4) is 0 Å². The first-order valence-corrected chi connectivity index (χ1v) is 5.48. The predicted octanol–water partition coefficient (Wildman–Crippen LogP) is 1.98. The van der Waals surface area contributed by atoms with Gasteiger partial charge in [-0.3, -0.25) is 9.67 Å². The minimum atomic E-state index is 0.662. The third-order valence-corrected chi connectivity index (χ3v) is 2.46. The fraction of sp³-hybridized carbons (Fsp3) is 0.333. The molecule has 2 heterocycles. The molecule has 0 atom stereocenters. The molecular weight excluding hydrogens is 216 g/mol. The summed E-state index contributed by atoms with van der Waals surface area (Å²) in [6, 6.07) is 1.95. The van der Waals surface area contributed by atoms with E-state index in [0.717, 1.165) is 23.5 Å². The molecule has 0 fully saturated rings. The number of ether oxygens (including phenoxy) is 1. The Kier molecular flexibility index (Phi) is 3.72. The van der Waals surface area contributed by atoms with Gasteiger partial charge in [0.1, 0.15) is 0 Å². The number of hydrogen-bond acceptors (Lipinski definition) is 4. The number of pyridine rings is 1. The molecule has 0 aliphatic heterocycles. The van der Waals surface area contributed by atoms with E-state index in [1.165, 1.54) is 0 Å². The lowest BCUT2D eigenvalue weighted by molar-refractivity contribution is 0.183. The first-order chi connectivity index (χ1) is 8.29. The molecule has 5 heteroatoms. The van der Waals surface area contributed by atoms with E-state index >= 15 is 0 Å². The summed E-state index contributed by atoms with van der Waals surface area (Å²) < 4.78 is 6.85. The Hall–Kier alpha value is -1.88. The summed E-state index contributed by atoms with van der Waals surface area (Å²) >= 11 is 0. The van der Waals surface area contributed by atoms with Gasteiger partial charge in [0, 0.05) is 31.4 Å². The van der Waals surface area contributed by atoms with Gasteiger partial charge in [-0.15, -0.1) is 0 Å². The van der Waals surface area contributed by atoms with Gasteiger partial charge in [0.2, 0.25) is 0 Å². The van der Waals surface area contributed by atoms with Crippen molar-refractivity contribution in [3.05, 3.63) is 36.4 Å². The predicted molar refractivity (Wildman–Crippen MR) is 66.4 cm³/mol. The highest BCUT2D eigenvalue weighted by Gasteiger charge is 2.01. The van der Waals surface area contributed by atoms with Crippen molar-refractivity contribution in [3.8, 4) is 0 Å². The lowest BCUT2D eigenvalue weighted by Crippen LogP contribution is -2.03. The van der Waals surface area contributed by atoms with Crippen molar-refractivity contribution < 1.29 is 4.74 Å². The number of aromatic nitrogens is 3. The third kappa shape index (κ3) is 3.04. The standard InChI is InChI=1S/C12H16N4O/c1-10-7-13-4-3-12(10)15-11-8-14-16(9-11)5-6-17-2/h3-4,7-9H,5-6H2,1-2H3,(H,13,15). The molecule has 0 bridgehead atoms. The van der Waals surface area contributed by atoms with Gasteiger partial charge in [-0.25, -0.2) is 0 Å². The topological polar surface area (TPSA) is 52.0 Å². The molecular formula is C12H16N4O. The summed E-state index contributed by atoms with van der Waals surface area (Å²) in [5, 5.41) is 7.54. The number of nitrogens with zero attached hydrogens (tertiary/aromatic N) is 3. The molecule has 0 spiro atoms. The monoisotopic (exact) mass is 232 g/mol. The molecule has 90 valence electrons. The van der Waals surface area contributed by atoms with Gasteiger partial charge in [0.05, 0.1) is 25.0 Å². The molecule has 0 radical (unpaired) electrons. The van der Waals surface area contributed by atoms with Crippen molar-refractivity contribution in [3.63, 3.8) is 0 Å². The molecule has 1 N–H and O–H groups in total. The maximum atomic E-state index is 5.00.